The fourth-order valence-corrected chi connectivity index (χ4v) is 8.12. The summed E-state index contributed by atoms with van der Waals surface area (Å²) in [4.78, 5) is 34.7. The normalized spacial score (nSPS) is 28.3. The van der Waals surface area contributed by atoms with Crippen LogP contribution in [0.4, 0.5) is 21.9 Å². The quantitative estimate of drug-likeness (QED) is 0.441. The van der Waals surface area contributed by atoms with Crippen molar-refractivity contribution in [1.29, 1.82) is 0 Å². The SMILES string of the molecule is NC(=O)C12CC3C[C@H](C1)C(NC(=O)N1CCN(c4ccc(-c5ccc(CO)cn5)cc4)c4ccccc41)[C@@H](C3)C2. The summed E-state index contributed by atoms with van der Waals surface area (Å²) in [6.07, 6.45) is 6.40. The molecule has 1 aromatic heterocycles. The molecule has 0 saturated heterocycles. The topological polar surface area (TPSA) is 112 Å². The number of aliphatic hydroxyl groups excluding tert-OH is 1. The van der Waals surface area contributed by atoms with E-state index in [0.29, 0.717) is 30.8 Å². The molecule has 3 unspecified atom stereocenters. The van der Waals surface area contributed by atoms with Gasteiger partial charge in [0.1, 0.15) is 0 Å². The number of pyridine rings is 1. The molecule has 206 valence electrons. The number of amides is 3. The number of nitrogens with two attached hydrogens (primary N) is 1. The number of primary amides is 1. The van der Waals surface area contributed by atoms with E-state index in [0.717, 1.165) is 66.0 Å². The molecular weight excluding hydrogens is 502 g/mol. The molecule has 3 amide bonds. The summed E-state index contributed by atoms with van der Waals surface area (Å²) in [7, 11) is 0. The summed E-state index contributed by atoms with van der Waals surface area (Å²) in [6, 6.07) is 20.2. The first-order valence-corrected chi connectivity index (χ1v) is 14.3. The third kappa shape index (κ3) is 4.13. The molecule has 40 heavy (non-hydrogen) atoms. The van der Waals surface area contributed by atoms with Gasteiger partial charge in [0, 0.05) is 42.0 Å². The fraction of sp³-hybridized carbons (Fsp3) is 0.406. The zero-order chi connectivity index (χ0) is 27.4. The number of urea groups is 1. The Morgan fingerprint density at radius 3 is 2.33 bits per heavy atom. The second-order valence-corrected chi connectivity index (χ2v) is 12.1. The monoisotopic (exact) mass is 537 g/mol. The molecule has 2 aromatic carbocycles. The number of aromatic nitrogens is 1. The molecule has 2 heterocycles. The molecule has 4 aliphatic carbocycles. The van der Waals surface area contributed by atoms with Crippen molar-refractivity contribution < 1.29 is 14.7 Å². The third-order valence-electron chi connectivity index (χ3n) is 9.82. The van der Waals surface area contributed by atoms with Gasteiger partial charge in [-0.15, -0.1) is 0 Å². The Kier molecular flexibility index (Phi) is 6.04. The Hall–Kier alpha value is -3.91. The minimum Gasteiger partial charge on any atom is -0.392 e. The first kappa shape index (κ1) is 25.1. The number of fused-ring (bicyclic) bond motifs is 1. The fourth-order valence-electron chi connectivity index (χ4n) is 8.12. The highest BCUT2D eigenvalue weighted by atomic mass is 16.3. The molecule has 0 radical (unpaired) electrons. The number of benzene rings is 2. The van der Waals surface area contributed by atoms with E-state index in [4.69, 9.17) is 5.73 Å². The first-order chi connectivity index (χ1) is 19.4. The number of hydrogen-bond acceptors (Lipinski definition) is 5. The maximum Gasteiger partial charge on any atom is 0.322 e. The number of nitrogens with zero attached hydrogens (tertiary/aromatic N) is 3. The van der Waals surface area contributed by atoms with E-state index in [1.54, 1.807) is 6.20 Å². The van der Waals surface area contributed by atoms with Gasteiger partial charge in [0.15, 0.2) is 0 Å². The van der Waals surface area contributed by atoms with E-state index in [1.165, 1.54) is 0 Å². The van der Waals surface area contributed by atoms with Gasteiger partial charge in [0.05, 0.1) is 23.7 Å². The van der Waals surface area contributed by atoms with E-state index in [-0.39, 0.29) is 30.0 Å². The lowest BCUT2D eigenvalue weighted by atomic mass is 9.47. The lowest BCUT2D eigenvalue weighted by molar-refractivity contribution is -0.145. The highest BCUT2D eigenvalue weighted by molar-refractivity contribution is 5.98. The summed E-state index contributed by atoms with van der Waals surface area (Å²) in [6.45, 7) is 1.23. The maximum atomic E-state index is 13.7. The molecule has 5 aliphatic rings. The molecule has 8 rings (SSSR count). The Bertz CT molecular complexity index is 1420. The van der Waals surface area contributed by atoms with Crippen LogP contribution in [0.3, 0.4) is 0 Å². The predicted octanol–water partition coefficient (Wildman–Crippen LogP) is 4.59. The van der Waals surface area contributed by atoms with E-state index in [2.05, 4.69) is 45.5 Å². The van der Waals surface area contributed by atoms with Crippen molar-refractivity contribution in [2.75, 3.05) is 22.9 Å². The summed E-state index contributed by atoms with van der Waals surface area (Å²) in [5, 5.41) is 12.7. The van der Waals surface area contributed by atoms with Gasteiger partial charge >= 0.3 is 6.03 Å². The van der Waals surface area contributed by atoms with E-state index >= 15 is 0 Å². The van der Waals surface area contributed by atoms with E-state index in [9.17, 15) is 14.7 Å². The number of carbonyl (C=O) groups is 2. The number of nitrogens with one attached hydrogen (secondary N) is 1. The lowest BCUT2D eigenvalue weighted by Crippen LogP contribution is -2.63. The number of para-hydroxylation sites is 2. The molecule has 4 fully saturated rings. The first-order valence-electron chi connectivity index (χ1n) is 14.3. The van der Waals surface area contributed by atoms with Crippen molar-refractivity contribution in [3.63, 3.8) is 0 Å². The van der Waals surface area contributed by atoms with Crippen LogP contribution in [-0.2, 0) is 11.4 Å². The van der Waals surface area contributed by atoms with Crippen molar-refractivity contribution >= 4 is 29.0 Å². The van der Waals surface area contributed by atoms with Crippen LogP contribution in [0.15, 0.2) is 66.9 Å². The number of carbonyl (C=O) groups excluding carboxylic acids is 2. The average Bonchev–Trinajstić information content (AvgIpc) is 2.98. The number of anilines is 3. The summed E-state index contributed by atoms with van der Waals surface area (Å²) >= 11 is 0. The minimum atomic E-state index is -0.357. The van der Waals surface area contributed by atoms with Gasteiger partial charge in [-0.3, -0.25) is 14.7 Å². The van der Waals surface area contributed by atoms with Gasteiger partial charge in [-0.05, 0) is 85.8 Å². The Morgan fingerprint density at radius 2 is 1.68 bits per heavy atom. The number of hydrogen-bond donors (Lipinski definition) is 3. The van der Waals surface area contributed by atoms with Crippen LogP contribution in [-0.4, -0.2) is 41.2 Å². The Labute approximate surface area is 234 Å². The van der Waals surface area contributed by atoms with E-state index in [1.807, 2.05) is 35.2 Å². The number of rotatable bonds is 5. The molecule has 5 atom stereocenters. The second kappa shape index (κ2) is 9.63. The molecule has 4 bridgehead atoms. The average molecular weight is 538 g/mol. The van der Waals surface area contributed by atoms with Crippen LogP contribution in [0.1, 0.15) is 37.7 Å². The highest BCUT2D eigenvalue weighted by Crippen LogP contribution is 2.60. The molecule has 1 aliphatic heterocycles. The smallest absolute Gasteiger partial charge is 0.322 e. The van der Waals surface area contributed by atoms with Gasteiger partial charge < -0.3 is 21.1 Å². The summed E-state index contributed by atoms with van der Waals surface area (Å²) in [5.41, 5.74) is 11.1. The third-order valence-corrected chi connectivity index (χ3v) is 9.82. The van der Waals surface area contributed by atoms with Crippen LogP contribution in [0.25, 0.3) is 11.3 Å². The van der Waals surface area contributed by atoms with Crippen LogP contribution in [0.2, 0.25) is 0 Å². The number of aliphatic hydroxyl groups is 1. The Morgan fingerprint density at radius 1 is 0.950 bits per heavy atom. The minimum absolute atomic E-state index is 0.0199. The van der Waals surface area contributed by atoms with Gasteiger partial charge in [0.2, 0.25) is 5.91 Å². The van der Waals surface area contributed by atoms with Crippen molar-refractivity contribution in [2.45, 2.75) is 44.8 Å². The van der Waals surface area contributed by atoms with Crippen molar-refractivity contribution in [1.82, 2.24) is 10.3 Å². The molecule has 4 N–H and O–H groups in total. The van der Waals surface area contributed by atoms with Gasteiger partial charge in [-0.1, -0.05) is 30.3 Å². The lowest BCUT2D eigenvalue weighted by Gasteiger charge is -2.59. The molecule has 8 nitrogen and oxygen atoms in total. The van der Waals surface area contributed by atoms with Gasteiger partial charge in [-0.25, -0.2) is 4.79 Å². The van der Waals surface area contributed by atoms with Crippen LogP contribution >= 0.6 is 0 Å². The van der Waals surface area contributed by atoms with Gasteiger partial charge in [0.25, 0.3) is 0 Å². The van der Waals surface area contributed by atoms with Crippen molar-refractivity contribution in [2.24, 2.45) is 28.9 Å². The Balaban J connectivity index is 1.09. The molecule has 0 spiro atoms. The van der Waals surface area contributed by atoms with Crippen molar-refractivity contribution in [3.05, 3.63) is 72.4 Å². The molecule has 3 aromatic rings. The molecule has 8 heteroatoms. The zero-order valence-electron chi connectivity index (χ0n) is 22.5. The van der Waals surface area contributed by atoms with Crippen LogP contribution in [0.5, 0.6) is 0 Å². The van der Waals surface area contributed by atoms with Crippen LogP contribution in [0, 0.1) is 23.2 Å². The second-order valence-electron chi connectivity index (χ2n) is 12.1. The highest BCUT2D eigenvalue weighted by Gasteiger charge is 2.58. The van der Waals surface area contributed by atoms with Crippen LogP contribution < -0.4 is 20.9 Å². The van der Waals surface area contributed by atoms with E-state index < -0.39 is 0 Å². The summed E-state index contributed by atoms with van der Waals surface area (Å²) < 4.78 is 0. The zero-order valence-corrected chi connectivity index (χ0v) is 22.5. The maximum absolute atomic E-state index is 13.7. The van der Waals surface area contributed by atoms with Crippen molar-refractivity contribution in [3.8, 4) is 11.3 Å². The predicted molar refractivity (Wildman–Crippen MR) is 154 cm³/mol. The molecule has 4 saturated carbocycles. The summed E-state index contributed by atoms with van der Waals surface area (Å²) in [5.74, 6) is 1.06. The molecular formula is C32H35N5O3. The van der Waals surface area contributed by atoms with Gasteiger partial charge in [-0.2, -0.15) is 0 Å². The standard InChI is InChI=1S/C32H35N5O3/c33-30(39)32-15-21-13-23(16-32)29(24(14-21)17-32)35-31(40)37-12-11-36(27-3-1-2-4-28(27)37)25-8-6-22(7-9-25)26-10-5-20(19-38)18-34-26/h1-10,18,21,23-24,29,38H,11-17,19H2,(H2,33,39)(H,35,40)/t21?,23-,24+,29?,32?. The largest absolute Gasteiger partial charge is 0.392 e.